The smallest absolute Gasteiger partial charge is 0.449 e. The van der Waals surface area contributed by atoms with Crippen LogP contribution in [-0.4, -0.2) is 23.8 Å². The molecule has 6 nitrogen and oxygen atoms in total. The van der Waals surface area contributed by atoms with E-state index in [1.54, 1.807) is 67.6 Å². The lowest BCUT2D eigenvalue weighted by Gasteiger charge is -2.25. The minimum absolute atomic E-state index is 0.0742. The first-order valence-corrected chi connectivity index (χ1v) is 15.8. The van der Waals surface area contributed by atoms with Crippen molar-refractivity contribution in [3.63, 3.8) is 0 Å². The Kier molecular flexibility index (Phi) is 9.04. The molecule has 0 aliphatic rings. The van der Waals surface area contributed by atoms with Crippen LogP contribution in [0.1, 0.15) is 54.0 Å². The molecule has 0 saturated carbocycles. The van der Waals surface area contributed by atoms with E-state index in [4.69, 9.17) is 4.42 Å². The van der Waals surface area contributed by atoms with E-state index in [0.29, 0.717) is 39.1 Å². The molecule has 0 atom stereocenters. The van der Waals surface area contributed by atoms with Crippen LogP contribution in [0, 0.1) is 6.92 Å². The molecule has 4 aromatic carbocycles. The number of aliphatic carboxylic acids is 1. The molecule has 12 heteroatoms. The van der Waals surface area contributed by atoms with Crippen LogP contribution < -0.4 is 0 Å². The van der Waals surface area contributed by atoms with E-state index in [0.717, 1.165) is 10.4 Å². The number of carboxylic acid groups (broad SMARTS) is 1. The van der Waals surface area contributed by atoms with E-state index in [9.17, 15) is 40.3 Å². The van der Waals surface area contributed by atoms with Gasteiger partial charge < -0.3 is 9.52 Å². The molecule has 47 heavy (non-hydrogen) atoms. The Morgan fingerprint density at radius 2 is 1.57 bits per heavy atom. The van der Waals surface area contributed by atoms with Gasteiger partial charge in [-0.25, -0.2) is 17.2 Å². The SMILES string of the molecule is Cc1ccc2ccccc2c1S(=O)(=O)N(Cc1ccc(C(F)(F)F)o1)Cc1ccc(-c2cccc(C(C)(C)C(=O)O)c2)cc1C(F)F. The monoisotopic (exact) mass is 671 g/mol. The molecule has 0 radical (unpaired) electrons. The van der Waals surface area contributed by atoms with E-state index in [-0.39, 0.29) is 16.2 Å². The van der Waals surface area contributed by atoms with Crippen LogP contribution in [0.25, 0.3) is 21.9 Å². The molecule has 0 unspecified atom stereocenters. The first kappa shape index (κ1) is 33.8. The zero-order valence-corrected chi connectivity index (χ0v) is 26.3. The number of carbonyl (C=O) groups is 1. The number of fused-ring (bicyclic) bond motifs is 1. The number of nitrogens with zero attached hydrogens (tertiary/aromatic N) is 1. The molecule has 0 aliphatic heterocycles. The third kappa shape index (κ3) is 6.79. The summed E-state index contributed by atoms with van der Waals surface area (Å²) < 4.78 is 104. The van der Waals surface area contributed by atoms with Crippen LogP contribution in [-0.2, 0) is 39.5 Å². The number of aryl methyl sites for hydroxylation is 1. The predicted molar refractivity (Wildman–Crippen MR) is 166 cm³/mol. The highest BCUT2D eigenvalue weighted by Gasteiger charge is 2.36. The summed E-state index contributed by atoms with van der Waals surface area (Å²) in [5.41, 5.74) is -0.204. The lowest BCUT2D eigenvalue weighted by molar-refractivity contribution is -0.153. The molecule has 0 aliphatic carbocycles. The standard InChI is InChI=1S/C35H30F5NO5S/c1-21-11-12-22-7-4-5-10-28(22)31(21)47(44,45)41(20-27-15-16-30(46-27)35(38,39)40)19-25-14-13-24(18-29(25)32(36)37)23-8-6-9-26(17-23)34(2,3)33(42)43/h4-18,32H,19-20H2,1-3H3,(H,42,43). The summed E-state index contributed by atoms with van der Waals surface area (Å²) in [7, 11) is -4.52. The maximum Gasteiger partial charge on any atom is 0.449 e. The molecule has 1 heterocycles. The number of halogens is 5. The average molecular weight is 672 g/mol. The second kappa shape index (κ2) is 12.6. The van der Waals surface area contributed by atoms with Crippen molar-refractivity contribution in [1.29, 1.82) is 0 Å². The number of hydrogen-bond acceptors (Lipinski definition) is 4. The Morgan fingerprint density at radius 3 is 2.23 bits per heavy atom. The Bertz CT molecular complexity index is 2070. The summed E-state index contributed by atoms with van der Waals surface area (Å²) in [6, 6.07) is 22.2. The highest BCUT2D eigenvalue weighted by atomic mass is 32.2. The number of furan rings is 1. The maximum atomic E-state index is 14.6. The van der Waals surface area contributed by atoms with Gasteiger partial charge in [0.15, 0.2) is 0 Å². The van der Waals surface area contributed by atoms with Crippen molar-refractivity contribution in [2.24, 2.45) is 0 Å². The minimum atomic E-state index is -4.82. The van der Waals surface area contributed by atoms with Gasteiger partial charge in [-0.3, -0.25) is 4.79 Å². The van der Waals surface area contributed by atoms with E-state index >= 15 is 0 Å². The fourth-order valence-electron chi connectivity index (χ4n) is 5.36. The number of rotatable bonds is 10. The molecule has 0 spiro atoms. The van der Waals surface area contributed by atoms with E-state index in [1.165, 1.54) is 32.0 Å². The van der Waals surface area contributed by atoms with Crippen LogP contribution in [0.3, 0.4) is 0 Å². The molecule has 0 amide bonds. The Hall–Kier alpha value is -4.55. The van der Waals surface area contributed by atoms with Crippen molar-refractivity contribution in [2.75, 3.05) is 0 Å². The quantitative estimate of drug-likeness (QED) is 0.150. The van der Waals surface area contributed by atoms with Crippen molar-refractivity contribution in [3.8, 4) is 11.1 Å². The van der Waals surface area contributed by atoms with Crippen molar-refractivity contribution < 1.29 is 44.7 Å². The summed E-state index contributed by atoms with van der Waals surface area (Å²) in [6.45, 7) is 3.33. The molecule has 0 bridgehead atoms. The predicted octanol–water partition coefficient (Wildman–Crippen LogP) is 9.12. The molecular weight excluding hydrogens is 641 g/mol. The molecule has 246 valence electrons. The summed E-state index contributed by atoms with van der Waals surface area (Å²) in [4.78, 5) is 11.7. The van der Waals surface area contributed by atoms with Crippen LogP contribution in [0.5, 0.6) is 0 Å². The fraction of sp³-hybridized carbons (Fsp3) is 0.229. The Morgan fingerprint density at radius 1 is 0.872 bits per heavy atom. The molecule has 1 N–H and O–H groups in total. The van der Waals surface area contributed by atoms with Gasteiger partial charge in [-0.15, -0.1) is 0 Å². The zero-order valence-electron chi connectivity index (χ0n) is 25.5. The molecule has 1 aromatic heterocycles. The van der Waals surface area contributed by atoms with Crippen molar-refractivity contribution in [2.45, 2.75) is 56.8 Å². The normalized spacial score (nSPS) is 12.7. The van der Waals surface area contributed by atoms with Crippen LogP contribution in [0.15, 0.2) is 100 Å². The van der Waals surface area contributed by atoms with Gasteiger partial charge in [-0.05, 0) is 72.2 Å². The highest BCUT2D eigenvalue weighted by molar-refractivity contribution is 7.89. The van der Waals surface area contributed by atoms with Crippen LogP contribution in [0.4, 0.5) is 22.0 Å². The number of carboxylic acids is 1. The lowest BCUT2D eigenvalue weighted by atomic mass is 9.83. The third-order valence-electron chi connectivity index (χ3n) is 8.13. The summed E-state index contributed by atoms with van der Waals surface area (Å²) in [6.07, 6.45) is -7.86. The Labute approximate surface area is 268 Å². The lowest BCUT2D eigenvalue weighted by Crippen LogP contribution is -2.31. The summed E-state index contributed by atoms with van der Waals surface area (Å²) in [5.74, 6) is -2.72. The van der Waals surface area contributed by atoms with Gasteiger partial charge in [0, 0.05) is 17.5 Å². The summed E-state index contributed by atoms with van der Waals surface area (Å²) >= 11 is 0. The third-order valence-corrected chi connectivity index (χ3v) is 10.1. The summed E-state index contributed by atoms with van der Waals surface area (Å²) in [5, 5.41) is 10.6. The number of sulfonamides is 1. The van der Waals surface area contributed by atoms with Gasteiger partial charge >= 0.3 is 12.1 Å². The molecule has 0 saturated heterocycles. The first-order chi connectivity index (χ1) is 22.0. The molecule has 5 aromatic rings. The molecule has 5 rings (SSSR count). The number of benzene rings is 4. The largest absolute Gasteiger partial charge is 0.481 e. The van der Waals surface area contributed by atoms with Gasteiger partial charge in [0.25, 0.3) is 6.43 Å². The number of hydrogen-bond donors (Lipinski definition) is 1. The van der Waals surface area contributed by atoms with Crippen molar-refractivity contribution in [3.05, 3.63) is 125 Å². The maximum absolute atomic E-state index is 14.6. The van der Waals surface area contributed by atoms with E-state index in [1.807, 2.05) is 0 Å². The van der Waals surface area contributed by atoms with Gasteiger partial charge in [-0.1, -0.05) is 72.8 Å². The highest BCUT2D eigenvalue weighted by Crippen LogP contribution is 2.36. The molecule has 0 fully saturated rings. The van der Waals surface area contributed by atoms with Gasteiger partial charge in [-0.2, -0.15) is 17.5 Å². The van der Waals surface area contributed by atoms with Gasteiger partial charge in [0.05, 0.1) is 16.9 Å². The van der Waals surface area contributed by atoms with Gasteiger partial charge in [0.2, 0.25) is 15.8 Å². The Balaban J connectivity index is 1.61. The van der Waals surface area contributed by atoms with Crippen LogP contribution in [0.2, 0.25) is 0 Å². The average Bonchev–Trinajstić information content (AvgIpc) is 3.50. The van der Waals surface area contributed by atoms with E-state index in [2.05, 4.69) is 0 Å². The minimum Gasteiger partial charge on any atom is -0.481 e. The van der Waals surface area contributed by atoms with E-state index < -0.39 is 58.4 Å². The topological polar surface area (TPSA) is 87.8 Å². The fourth-order valence-corrected chi connectivity index (χ4v) is 7.16. The second-order valence-corrected chi connectivity index (χ2v) is 13.6. The zero-order chi connectivity index (χ0) is 34.3. The van der Waals surface area contributed by atoms with Crippen LogP contribution >= 0.6 is 0 Å². The van der Waals surface area contributed by atoms with Gasteiger partial charge in [0.1, 0.15) is 5.76 Å². The molecular formula is C35H30F5NO5S. The number of alkyl halides is 5. The van der Waals surface area contributed by atoms with Crippen molar-refractivity contribution in [1.82, 2.24) is 4.31 Å². The first-order valence-electron chi connectivity index (χ1n) is 14.4. The van der Waals surface area contributed by atoms with Crippen molar-refractivity contribution >= 4 is 26.8 Å². The second-order valence-electron chi connectivity index (χ2n) is 11.7.